The molecule has 1 heterocycles. The molecule has 1 aromatic heterocycles. The van der Waals surface area contributed by atoms with E-state index in [4.69, 9.17) is 0 Å². The van der Waals surface area contributed by atoms with Gasteiger partial charge in [-0.3, -0.25) is 0 Å². The first-order valence-electron chi connectivity index (χ1n) is 5.57. The van der Waals surface area contributed by atoms with Crippen LogP contribution in [0.25, 0.3) is 0 Å². The highest BCUT2D eigenvalue weighted by Gasteiger charge is 2.19. The summed E-state index contributed by atoms with van der Waals surface area (Å²) in [6.45, 7) is 2.08. The third-order valence-electron chi connectivity index (χ3n) is 2.68. The van der Waals surface area contributed by atoms with Crippen molar-refractivity contribution in [2.75, 3.05) is 11.1 Å². The summed E-state index contributed by atoms with van der Waals surface area (Å²) in [6.07, 6.45) is 3.57. The highest BCUT2D eigenvalue weighted by atomic mass is 32.2. The molecule has 0 saturated heterocycles. The lowest BCUT2D eigenvalue weighted by Gasteiger charge is -2.27. The Kier molecular flexibility index (Phi) is 3.77. The fourth-order valence-electron chi connectivity index (χ4n) is 1.59. The van der Waals surface area contributed by atoms with Gasteiger partial charge in [0.25, 0.3) is 0 Å². The average molecular weight is 237 g/mol. The zero-order valence-corrected chi connectivity index (χ0v) is 10.1. The fraction of sp³-hybridized carbons (Fsp3) is 0.545. The third-order valence-corrected chi connectivity index (χ3v) is 3.50. The molecule has 1 fully saturated rings. The normalized spacial score (nSPS) is 15.6. The Morgan fingerprint density at radius 2 is 2.38 bits per heavy atom. The number of hydrogen-bond donors (Lipinski definition) is 1. The van der Waals surface area contributed by atoms with Crippen LogP contribution in [-0.2, 0) is 0 Å². The first-order chi connectivity index (χ1) is 7.83. The lowest BCUT2D eigenvalue weighted by atomic mass is 9.93. The minimum absolute atomic E-state index is 0.410. The van der Waals surface area contributed by atoms with Gasteiger partial charge in [-0.2, -0.15) is 0 Å². The molecule has 1 aliphatic rings. The quantitative estimate of drug-likeness (QED) is 0.628. The van der Waals surface area contributed by atoms with Crippen LogP contribution in [0.2, 0.25) is 0 Å². The Labute approximate surface area is 99.2 Å². The summed E-state index contributed by atoms with van der Waals surface area (Å²) in [5.41, 5.74) is 0.410. The van der Waals surface area contributed by atoms with E-state index in [-0.39, 0.29) is 0 Å². The van der Waals surface area contributed by atoms with Gasteiger partial charge in [-0.05, 0) is 42.3 Å². The van der Waals surface area contributed by atoms with Crippen LogP contribution in [0, 0.1) is 4.91 Å². The molecule has 0 atom stereocenters. The number of nitroso groups, excluding NO2 is 1. The van der Waals surface area contributed by atoms with Crippen LogP contribution in [0.3, 0.4) is 0 Å². The van der Waals surface area contributed by atoms with E-state index in [2.05, 4.69) is 22.4 Å². The van der Waals surface area contributed by atoms with Crippen molar-refractivity contribution in [2.24, 2.45) is 5.18 Å². The Morgan fingerprint density at radius 1 is 1.56 bits per heavy atom. The van der Waals surface area contributed by atoms with E-state index in [9.17, 15) is 4.91 Å². The number of pyridine rings is 1. The van der Waals surface area contributed by atoms with Gasteiger partial charge in [0.15, 0.2) is 5.82 Å². The van der Waals surface area contributed by atoms with Crippen molar-refractivity contribution in [3.63, 3.8) is 0 Å². The lowest BCUT2D eigenvalue weighted by molar-refractivity contribution is 0.444. The summed E-state index contributed by atoms with van der Waals surface area (Å²) >= 11 is 1.67. The van der Waals surface area contributed by atoms with Crippen LogP contribution >= 0.6 is 11.8 Å². The molecule has 16 heavy (non-hydrogen) atoms. The van der Waals surface area contributed by atoms with Gasteiger partial charge in [0, 0.05) is 6.04 Å². The summed E-state index contributed by atoms with van der Waals surface area (Å²) in [6, 6.07) is 4.05. The van der Waals surface area contributed by atoms with Crippen molar-refractivity contribution < 1.29 is 0 Å². The largest absolute Gasteiger partial charge is 0.365 e. The predicted octanol–water partition coefficient (Wildman–Crippen LogP) is 3.56. The van der Waals surface area contributed by atoms with Crippen LogP contribution < -0.4 is 5.32 Å². The van der Waals surface area contributed by atoms with Crippen LogP contribution in [0.4, 0.5) is 11.5 Å². The Morgan fingerprint density at radius 3 is 2.94 bits per heavy atom. The predicted molar refractivity (Wildman–Crippen MR) is 67.4 cm³/mol. The van der Waals surface area contributed by atoms with E-state index < -0.39 is 0 Å². The average Bonchev–Trinajstić information content (AvgIpc) is 2.24. The van der Waals surface area contributed by atoms with Gasteiger partial charge in [0.1, 0.15) is 5.69 Å². The second kappa shape index (κ2) is 5.30. The maximum Gasteiger partial charge on any atom is 0.157 e. The van der Waals surface area contributed by atoms with Crippen molar-refractivity contribution in [1.29, 1.82) is 0 Å². The molecule has 0 radical (unpaired) electrons. The van der Waals surface area contributed by atoms with E-state index in [0.717, 1.165) is 23.6 Å². The molecule has 1 saturated carbocycles. The van der Waals surface area contributed by atoms with Gasteiger partial charge in [0.2, 0.25) is 0 Å². The van der Waals surface area contributed by atoms with E-state index in [0.29, 0.717) is 17.5 Å². The minimum atomic E-state index is 0.410. The molecule has 1 aliphatic carbocycles. The molecule has 0 bridgehead atoms. The molecular weight excluding hydrogens is 222 g/mol. The molecule has 0 amide bonds. The van der Waals surface area contributed by atoms with Crippen molar-refractivity contribution in [2.45, 2.75) is 37.3 Å². The van der Waals surface area contributed by atoms with Gasteiger partial charge in [-0.15, -0.1) is 16.7 Å². The summed E-state index contributed by atoms with van der Waals surface area (Å²) in [5.74, 6) is 1.61. The van der Waals surface area contributed by atoms with E-state index in [1.807, 2.05) is 6.07 Å². The number of aromatic nitrogens is 1. The highest BCUT2D eigenvalue weighted by molar-refractivity contribution is 7.99. The standard InChI is InChI=1S/C11H15N3OS/c1-2-16-10-7-6-9(14-15)11(13-10)12-8-4-3-5-8/h6-8H,2-5H2,1H3,(H,12,13). The Balaban J connectivity index is 2.16. The molecule has 0 aliphatic heterocycles. The van der Waals surface area contributed by atoms with Crippen LogP contribution in [0.1, 0.15) is 26.2 Å². The lowest BCUT2D eigenvalue weighted by Crippen LogP contribution is -2.27. The number of rotatable bonds is 5. The number of nitrogens with one attached hydrogen (secondary N) is 1. The molecule has 1 N–H and O–H groups in total. The third kappa shape index (κ3) is 2.52. The molecule has 0 aromatic carbocycles. The maximum atomic E-state index is 10.6. The number of thioether (sulfide) groups is 1. The second-order valence-corrected chi connectivity index (χ2v) is 5.10. The monoisotopic (exact) mass is 237 g/mol. The van der Waals surface area contributed by atoms with Gasteiger partial charge in [-0.1, -0.05) is 6.92 Å². The molecule has 2 rings (SSSR count). The number of anilines is 1. The smallest absolute Gasteiger partial charge is 0.157 e. The van der Waals surface area contributed by atoms with Crippen LogP contribution in [0.5, 0.6) is 0 Å². The highest BCUT2D eigenvalue weighted by Crippen LogP contribution is 2.30. The first kappa shape index (κ1) is 11.4. The zero-order chi connectivity index (χ0) is 11.4. The molecule has 0 spiro atoms. The molecule has 86 valence electrons. The SMILES string of the molecule is CCSc1ccc(N=O)c(NC2CCC2)n1. The molecule has 4 nitrogen and oxygen atoms in total. The van der Waals surface area contributed by atoms with Crippen molar-refractivity contribution >= 4 is 23.3 Å². The molecule has 1 aromatic rings. The maximum absolute atomic E-state index is 10.6. The van der Waals surface area contributed by atoms with E-state index in [1.54, 1.807) is 17.8 Å². The topological polar surface area (TPSA) is 54.4 Å². The van der Waals surface area contributed by atoms with Gasteiger partial charge < -0.3 is 5.32 Å². The summed E-state index contributed by atoms with van der Waals surface area (Å²) in [7, 11) is 0. The summed E-state index contributed by atoms with van der Waals surface area (Å²) < 4.78 is 0. The molecular formula is C11H15N3OS. The van der Waals surface area contributed by atoms with Gasteiger partial charge in [0.05, 0.1) is 5.03 Å². The van der Waals surface area contributed by atoms with Crippen molar-refractivity contribution in [3.05, 3.63) is 17.0 Å². The minimum Gasteiger partial charge on any atom is -0.365 e. The van der Waals surface area contributed by atoms with Crippen LogP contribution in [-0.4, -0.2) is 16.8 Å². The van der Waals surface area contributed by atoms with Crippen molar-refractivity contribution in [3.8, 4) is 0 Å². The summed E-state index contributed by atoms with van der Waals surface area (Å²) in [5, 5.41) is 7.22. The van der Waals surface area contributed by atoms with E-state index >= 15 is 0 Å². The van der Waals surface area contributed by atoms with Crippen LogP contribution in [0.15, 0.2) is 22.3 Å². The number of nitrogens with zero attached hydrogens (tertiary/aromatic N) is 2. The molecule has 0 unspecified atom stereocenters. The summed E-state index contributed by atoms with van der Waals surface area (Å²) in [4.78, 5) is 15.1. The zero-order valence-electron chi connectivity index (χ0n) is 9.27. The second-order valence-electron chi connectivity index (χ2n) is 3.81. The molecule has 5 heteroatoms. The Bertz CT molecular complexity index is 379. The van der Waals surface area contributed by atoms with Gasteiger partial charge in [-0.25, -0.2) is 4.98 Å². The first-order valence-corrected chi connectivity index (χ1v) is 6.55. The van der Waals surface area contributed by atoms with Gasteiger partial charge >= 0.3 is 0 Å². The van der Waals surface area contributed by atoms with E-state index in [1.165, 1.54) is 6.42 Å². The number of hydrogen-bond acceptors (Lipinski definition) is 5. The fourth-order valence-corrected chi connectivity index (χ4v) is 2.20. The Hall–Kier alpha value is -1.10. The van der Waals surface area contributed by atoms with Crippen molar-refractivity contribution in [1.82, 2.24) is 4.98 Å².